The number of hydrogen-bond acceptors (Lipinski definition) is 1. The number of carbonyl (C=O) groups excluding carboxylic acids is 1. The maximum Gasteiger partial charge on any atom is 0.416 e. The molecule has 1 aromatic carbocycles. The Labute approximate surface area is 142 Å². The van der Waals surface area contributed by atoms with E-state index in [1.807, 2.05) is 13.0 Å². The molecule has 0 aromatic heterocycles. The molecule has 0 fully saturated rings. The molecular formula is C19H26F3NO. The van der Waals surface area contributed by atoms with Gasteiger partial charge in [-0.2, -0.15) is 13.2 Å². The molecule has 2 nitrogen and oxygen atoms in total. The molecule has 0 spiro atoms. The zero-order valence-electron chi connectivity index (χ0n) is 14.6. The standard InChI is InChI=1S/C19H26F3NO/c1-4-6-7-11-16(9-5-2)18(24)23(3)14-15-10-8-12-17(13-15)19(20,21)22/h8-10,12-13H,4-7,11,14H2,1-3H3. The number of halogens is 3. The van der Waals surface area contributed by atoms with Crippen molar-refractivity contribution < 1.29 is 18.0 Å². The summed E-state index contributed by atoms with van der Waals surface area (Å²) in [5, 5.41) is 0. The minimum Gasteiger partial charge on any atom is -0.338 e. The van der Waals surface area contributed by atoms with E-state index in [-0.39, 0.29) is 12.5 Å². The van der Waals surface area contributed by atoms with E-state index in [1.54, 1.807) is 13.1 Å². The lowest BCUT2D eigenvalue weighted by molar-refractivity contribution is -0.137. The van der Waals surface area contributed by atoms with Crippen LogP contribution in [-0.4, -0.2) is 17.9 Å². The monoisotopic (exact) mass is 341 g/mol. The van der Waals surface area contributed by atoms with Gasteiger partial charge in [0.15, 0.2) is 0 Å². The van der Waals surface area contributed by atoms with Crippen LogP contribution in [0.25, 0.3) is 0 Å². The number of nitrogens with zero attached hydrogens (tertiary/aromatic N) is 1. The highest BCUT2D eigenvalue weighted by atomic mass is 19.4. The molecule has 1 aromatic rings. The number of allylic oxidation sites excluding steroid dienone is 1. The van der Waals surface area contributed by atoms with Crippen molar-refractivity contribution in [1.82, 2.24) is 4.90 Å². The van der Waals surface area contributed by atoms with Gasteiger partial charge >= 0.3 is 6.18 Å². The number of unbranched alkanes of at least 4 members (excludes halogenated alkanes) is 2. The molecule has 134 valence electrons. The van der Waals surface area contributed by atoms with E-state index in [2.05, 4.69) is 6.92 Å². The molecule has 0 radical (unpaired) electrons. The van der Waals surface area contributed by atoms with Gasteiger partial charge in [0.25, 0.3) is 0 Å². The van der Waals surface area contributed by atoms with Crippen LogP contribution in [0.15, 0.2) is 35.9 Å². The molecule has 0 aliphatic carbocycles. The number of alkyl halides is 3. The third-order valence-electron chi connectivity index (χ3n) is 3.80. The minimum atomic E-state index is -4.37. The van der Waals surface area contributed by atoms with Crippen LogP contribution in [0.3, 0.4) is 0 Å². The van der Waals surface area contributed by atoms with E-state index in [9.17, 15) is 18.0 Å². The smallest absolute Gasteiger partial charge is 0.338 e. The Morgan fingerprint density at radius 2 is 1.92 bits per heavy atom. The first kappa shape index (κ1) is 20.3. The number of likely N-dealkylation sites (N-methyl/N-ethyl adjacent to an activating group) is 1. The number of carbonyl (C=O) groups is 1. The average Bonchev–Trinajstić information content (AvgIpc) is 2.53. The Morgan fingerprint density at radius 3 is 2.50 bits per heavy atom. The van der Waals surface area contributed by atoms with Crippen LogP contribution >= 0.6 is 0 Å². The van der Waals surface area contributed by atoms with E-state index in [4.69, 9.17) is 0 Å². The van der Waals surface area contributed by atoms with Gasteiger partial charge in [-0.1, -0.05) is 44.9 Å². The molecule has 0 N–H and O–H groups in total. The van der Waals surface area contributed by atoms with Gasteiger partial charge in [0.05, 0.1) is 5.56 Å². The predicted molar refractivity (Wildman–Crippen MR) is 90.4 cm³/mol. The fourth-order valence-corrected chi connectivity index (χ4v) is 2.54. The summed E-state index contributed by atoms with van der Waals surface area (Å²) in [6.07, 6.45) is 2.12. The molecule has 0 saturated heterocycles. The van der Waals surface area contributed by atoms with E-state index >= 15 is 0 Å². The third kappa shape index (κ3) is 6.38. The normalized spacial score (nSPS) is 12.3. The van der Waals surface area contributed by atoms with Gasteiger partial charge in [0.1, 0.15) is 0 Å². The first-order chi connectivity index (χ1) is 11.3. The lowest BCUT2D eigenvalue weighted by Crippen LogP contribution is -2.28. The van der Waals surface area contributed by atoms with E-state index in [0.29, 0.717) is 12.0 Å². The topological polar surface area (TPSA) is 20.3 Å². The summed E-state index contributed by atoms with van der Waals surface area (Å²) in [5.74, 6) is -0.106. The summed E-state index contributed by atoms with van der Waals surface area (Å²) in [7, 11) is 1.63. The van der Waals surface area contributed by atoms with Gasteiger partial charge in [-0.25, -0.2) is 0 Å². The largest absolute Gasteiger partial charge is 0.416 e. The van der Waals surface area contributed by atoms with Crippen LogP contribution in [0.5, 0.6) is 0 Å². The van der Waals surface area contributed by atoms with Crippen molar-refractivity contribution in [2.75, 3.05) is 7.05 Å². The van der Waals surface area contributed by atoms with Crippen molar-refractivity contribution in [2.24, 2.45) is 0 Å². The summed E-state index contributed by atoms with van der Waals surface area (Å²) in [4.78, 5) is 14.0. The van der Waals surface area contributed by atoms with E-state index < -0.39 is 11.7 Å². The molecule has 0 atom stereocenters. The summed E-state index contributed by atoms with van der Waals surface area (Å²) >= 11 is 0. The quantitative estimate of drug-likeness (QED) is 0.446. The summed E-state index contributed by atoms with van der Waals surface area (Å²) in [6.45, 7) is 4.24. The van der Waals surface area contributed by atoms with Crippen LogP contribution in [0.1, 0.15) is 57.1 Å². The van der Waals surface area contributed by atoms with Gasteiger partial charge in [0, 0.05) is 19.2 Å². The fourth-order valence-electron chi connectivity index (χ4n) is 2.54. The zero-order chi connectivity index (χ0) is 18.2. The molecule has 0 aliphatic heterocycles. The zero-order valence-corrected chi connectivity index (χ0v) is 14.6. The maximum atomic E-state index is 12.8. The Kier molecular flexibility index (Phi) is 8.02. The summed E-state index contributed by atoms with van der Waals surface area (Å²) in [5.41, 5.74) is 0.540. The summed E-state index contributed by atoms with van der Waals surface area (Å²) in [6, 6.07) is 5.13. The number of rotatable bonds is 8. The number of amides is 1. The molecule has 0 heterocycles. The second-order valence-corrected chi connectivity index (χ2v) is 5.95. The minimum absolute atomic E-state index is 0.106. The van der Waals surface area contributed by atoms with E-state index in [1.165, 1.54) is 11.0 Å². The second kappa shape index (κ2) is 9.50. The molecule has 1 rings (SSSR count). The molecule has 0 aliphatic rings. The average molecular weight is 341 g/mol. The SMILES string of the molecule is CCC=C(CCCCC)C(=O)N(C)Cc1cccc(C(F)(F)F)c1. The Bertz CT molecular complexity index is 564. The van der Waals surface area contributed by atoms with Crippen LogP contribution in [0.4, 0.5) is 13.2 Å². The Balaban J connectivity index is 2.80. The second-order valence-electron chi connectivity index (χ2n) is 5.95. The van der Waals surface area contributed by atoms with Crippen LogP contribution < -0.4 is 0 Å². The molecule has 0 bridgehead atoms. The van der Waals surface area contributed by atoms with Crippen molar-refractivity contribution in [3.05, 3.63) is 47.0 Å². The lowest BCUT2D eigenvalue weighted by atomic mass is 10.0. The maximum absolute atomic E-state index is 12.8. The van der Waals surface area contributed by atoms with Crippen LogP contribution in [0, 0.1) is 0 Å². The molecule has 1 amide bonds. The van der Waals surface area contributed by atoms with Gasteiger partial charge in [-0.15, -0.1) is 0 Å². The van der Waals surface area contributed by atoms with Crippen LogP contribution in [-0.2, 0) is 17.5 Å². The van der Waals surface area contributed by atoms with Crippen molar-refractivity contribution in [3.8, 4) is 0 Å². The molecule has 0 saturated carbocycles. The highest BCUT2D eigenvalue weighted by Crippen LogP contribution is 2.29. The van der Waals surface area contributed by atoms with Gasteiger partial charge in [-0.05, 0) is 37.0 Å². The third-order valence-corrected chi connectivity index (χ3v) is 3.80. The molecular weight excluding hydrogens is 315 g/mol. The Morgan fingerprint density at radius 1 is 1.21 bits per heavy atom. The molecule has 0 unspecified atom stereocenters. The first-order valence-corrected chi connectivity index (χ1v) is 8.40. The predicted octanol–water partition coefficient (Wildman–Crippen LogP) is 5.58. The first-order valence-electron chi connectivity index (χ1n) is 8.40. The lowest BCUT2D eigenvalue weighted by Gasteiger charge is -2.20. The molecule has 5 heteroatoms. The van der Waals surface area contributed by atoms with Crippen molar-refractivity contribution in [3.63, 3.8) is 0 Å². The van der Waals surface area contributed by atoms with Crippen molar-refractivity contribution in [2.45, 2.75) is 58.7 Å². The van der Waals surface area contributed by atoms with Crippen LogP contribution in [0.2, 0.25) is 0 Å². The van der Waals surface area contributed by atoms with Crippen molar-refractivity contribution >= 4 is 5.91 Å². The van der Waals surface area contributed by atoms with Gasteiger partial charge < -0.3 is 4.90 Å². The van der Waals surface area contributed by atoms with Gasteiger partial charge in [-0.3, -0.25) is 4.79 Å². The van der Waals surface area contributed by atoms with E-state index in [0.717, 1.165) is 43.4 Å². The highest BCUT2D eigenvalue weighted by molar-refractivity contribution is 5.93. The van der Waals surface area contributed by atoms with Gasteiger partial charge in [0.2, 0.25) is 5.91 Å². The van der Waals surface area contributed by atoms with Crippen molar-refractivity contribution in [1.29, 1.82) is 0 Å². The number of benzene rings is 1. The Hall–Kier alpha value is -1.78. The molecule has 24 heavy (non-hydrogen) atoms. The summed E-state index contributed by atoms with van der Waals surface area (Å²) < 4.78 is 38.3. The number of hydrogen-bond donors (Lipinski definition) is 0. The highest BCUT2D eigenvalue weighted by Gasteiger charge is 2.30. The fraction of sp³-hybridized carbons (Fsp3) is 0.526.